The maximum Gasteiger partial charge on any atom is 0.150 e. The smallest absolute Gasteiger partial charge is 0.150 e. The van der Waals surface area contributed by atoms with Crippen LogP contribution in [-0.2, 0) is 0 Å². The van der Waals surface area contributed by atoms with Crippen molar-refractivity contribution in [2.75, 3.05) is 13.1 Å². The molecule has 0 aromatic heterocycles. The molecule has 5 nitrogen and oxygen atoms in total. The van der Waals surface area contributed by atoms with E-state index >= 15 is 0 Å². The van der Waals surface area contributed by atoms with Gasteiger partial charge >= 0.3 is 0 Å². The first-order valence-corrected chi connectivity index (χ1v) is 3.80. The third-order valence-electron chi connectivity index (χ3n) is 1.85. The second kappa shape index (κ2) is 3.99. The van der Waals surface area contributed by atoms with Crippen LogP contribution < -0.4 is 22.9 Å². The van der Waals surface area contributed by atoms with Crippen molar-refractivity contribution in [1.82, 2.24) is 4.90 Å². The lowest BCUT2D eigenvalue weighted by atomic mass is 10.2. The molecule has 0 amide bonds. The first kappa shape index (κ1) is 10.8. The highest BCUT2D eigenvalue weighted by Crippen LogP contribution is 2.01. The van der Waals surface area contributed by atoms with Gasteiger partial charge < -0.3 is 11.5 Å². The number of rotatable bonds is 4. The van der Waals surface area contributed by atoms with Crippen LogP contribution in [0.1, 0.15) is 13.8 Å². The molecule has 0 fully saturated rings. The summed E-state index contributed by atoms with van der Waals surface area (Å²) in [7, 11) is 0. The molecule has 68 valence electrons. The zero-order valence-electron chi connectivity index (χ0n) is 7.25. The number of hydrogen-bond donors (Lipinski definition) is 4. The summed E-state index contributed by atoms with van der Waals surface area (Å²) < 4.78 is 0. The predicted octanol–water partition coefficient (Wildman–Crippen LogP) is -1.86. The van der Waals surface area contributed by atoms with E-state index in [2.05, 4.69) is 0 Å². The molecular weight excluding hydrogens is 142 g/mol. The van der Waals surface area contributed by atoms with Crippen molar-refractivity contribution >= 4 is 0 Å². The molecule has 5 heteroatoms. The lowest BCUT2D eigenvalue weighted by Crippen LogP contribution is -2.74. The van der Waals surface area contributed by atoms with Gasteiger partial charge in [-0.05, 0) is 13.1 Å². The van der Waals surface area contributed by atoms with Crippen LogP contribution in [0.2, 0.25) is 0 Å². The van der Waals surface area contributed by atoms with Crippen molar-refractivity contribution in [1.29, 1.82) is 0 Å². The molecule has 0 atom stereocenters. The molecule has 0 heterocycles. The third kappa shape index (κ3) is 2.39. The van der Waals surface area contributed by atoms with Gasteiger partial charge in [-0.2, -0.15) is 0 Å². The van der Waals surface area contributed by atoms with Gasteiger partial charge in [0.15, 0.2) is 0 Å². The van der Waals surface area contributed by atoms with Gasteiger partial charge in [0, 0.05) is 0 Å². The van der Waals surface area contributed by atoms with Gasteiger partial charge in [-0.15, -0.1) is 0 Å². The summed E-state index contributed by atoms with van der Waals surface area (Å²) in [6, 6.07) is 0. The van der Waals surface area contributed by atoms with E-state index in [9.17, 15) is 0 Å². The summed E-state index contributed by atoms with van der Waals surface area (Å²) in [6.07, 6.45) is -0.720. The minimum Gasteiger partial charge on any atom is -0.312 e. The highest BCUT2D eigenvalue weighted by Gasteiger charge is 2.30. The van der Waals surface area contributed by atoms with E-state index in [1.807, 2.05) is 18.7 Å². The lowest BCUT2D eigenvalue weighted by molar-refractivity contribution is 0.0850. The Morgan fingerprint density at radius 2 is 1.55 bits per heavy atom. The van der Waals surface area contributed by atoms with E-state index in [0.29, 0.717) is 0 Å². The number of hydrogen-bond acceptors (Lipinski definition) is 5. The Labute approximate surface area is 67.7 Å². The molecule has 0 spiro atoms. The second-order valence-corrected chi connectivity index (χ2v) is 2.59. The molecule has 0 aliphatic carbocycles. The van der Waals surface area contributed by atoms with Gasteiger partial charge in [-0.3, -0.25) is 16.4 Å². The molecule has 0 aromatic carbocycles. The van der Waals surface area contributed by atoms with Gasteiger partial charge in [0.2, 0.25) is 0 Å². The van der Waals surface area contributed by atoms with Gasteiger partial charge in [-0.25, -0.2) is 0 Å². The standard InChI is InChI=1S/C6H19N5/c1-3-11(4-2)6(9,10)5(7)8/h5H,3-4,7-10H2,1-2H3. The van der Waals surface area contributed by atoms with Crippen molar-refractivity contribution in [3.8, 4) is 0 Å². The van der Waals surface area contributed by atoms with Crippen molar-refractivity contribution in [2.24, 2.45) is 22.9 Å². The van der Waals surface area contributed by atoms with E-state index in [4.69, 9.17) is 22.9 Å². The Hall–Kier alpha value is -0.200. The van der Waals surface area contributed by atoms with Gasteiger partial charge in [0.05, 0.1) is 6.17 Å². The average molecular weight is 161 g/mol. The zero-order valence-corrected chi connectivity index (χ0v) is 7.25. The Morgan fingerprint density at radius 3 is 1.64 bits per heavy atom. The normalized spacial score (nSPS) is 13.1. The summed E-state index contributed by atoms with van der Waals surface area (Å²) in [5.41, 5.74) is 22.2. The fraction of sp³-hybridized carbons (Fsp3) is 1.00. The maximum absolute atomic E-state index is 5.68. The lowest BCUT2D eigenvalue weighted by Gasteiger charge is -2.38. The fourth-order valence-electron chi connectivity index (χ4n) is 0.982. The molecule has 0 aliphatic rings. The van der Waals surface area contributed by atoms with E-state index in [0.717, 1.165) is 13.1 Å². The summed E-state index contributed by atoms with van der Waals surface area (Å²) in [6.45, 7) is 5.41. The first-order valence-electron chi connectivity index (χ1n) is 3.80. The molecule has 0 radical (unpaired) electrons. The minimum atomic E-state index is -1.09. The van der Waals surface area contributed by atoms with Crippen LogP contribution in [0, 0.1) is 0 Å². The second-order valence-electron chi connectivity index (χ2n) is 2.59. The van der Waals surface area contributed by atoms with E-state index in [1.54, 1.807) is 0 Å². The molecule has 0 saturated heterocycles. The quantitative estimate of drug-likeness (QED) is 0.362. The van der Waals surface area contributed by atoms with Gasteiger partial charge in [-0.1, -0.05) is 13.8 Å². The molecule has 0 rings (SSSR count). The van der Waals surface area contributed by atoms with Crippen LogP contribution in [0.5, 0.6) is 0 Å². The van der Waals surface area contributed by atoms with Crippen LogP contribution in [0.15, 0.2) is 0 Å². The SMILES string of the molecule is CCN(CC)C(N)(N)C(N)N. The van der Waals surface area contributed by atoms with E-state index < -0.39 is 12.0 Å². The number of nitrogens with two attached hydrogens (primary N) is 4. The van der Waals surface area contributed by atoms with Crippen molar-refractivity contribution in [2.45, 2.75) is 25.8 Å². The Kier molecular flexibility index (Phi) is 3.91. The van der Waals surface area contributed by atoms with Gasteiger partial charge in [0.1, 0.15) is 5.79 Å². The minimum absolute atomic E-state index is 0.720. The molecule has 0 unspecified atom stereocenters. The Morgan fingerprint density at radius 1 is 1.18 bits per heavy atom. The summed E-state index contributed by atoms with van der Waals surface area (Å²) in [5.74, 6) is -1.09. The predicted molar refractivity (Wildman–Crippen MR) is 46.2 cm³/mol. The van der Waals surface area contributed by atoms with Crippen LogP contribution in [0.25, 0.3) is 0 Å². The summed E-state index contributed by atoms with van der Waals surface area (Å²) in [4.78, 5) is 1.82. The molecule has 0 saturated carbocycles. The van der Waals surface area contributed by atoms with Crippen molar-refractivity contribution in [3.05, 3.63) is 0 Å². The maximum atomic E-state index is 5.68. The number of likely N-dealkylation sites (N-methyl/N-ethyl adjacent to an activating group) is 1. The van der Waals surface area contributed by atoms with E-state index in [1.165, 1.54) is 0 Å². The third-order valence-corrected chi connectivity index (χ3v) is 1.85. The van der Waals surface area contributed by atoms with Crippen LogP contribution in [-0.4, -0.2) is 29.9 Å². The van der Waals surface area contributed by atoms with Crippen LogP contribution in [0.3, 0.4) is 0 Å². The molecule has 0 aromatic rings. The molecule has 0 bridgehead atoms. The molecule has 0 aliphatic heterocycles. The largest absolute Gasteiger partial charge is 0.312 e. The number of nitrogens with zero attached hydrogens (tertiary/aromatic N) is 1. The van der Waals surface area contributed by atoms with Crippen molar-refractivity contribution in [3.63, 3.8) is 0 Å². The van der Waals surface area contributed by atoms with E-state index in [-0.39, 0.29) is 0 Å². The summed E-state index contributed by atoms with van der Waals surface area (Å²) in [5, 5.41) is 0. The fourth-order valence-corrected chi connectivity index (χ4v) is 0.982. The summed E-state index contributed by atoms with van der Waals surface area (Å²) >= 11 is 0. The highest BCUT2D eigenvalue weighted by molar-refractivity contribution is 4.83. The molecule has 8 N–H and O–H groups in total. The topological polar surface area (TPSA) is 107 Å². The monoisotopic (exact) mass is 161 g/mol. The highest BCUT2D eigenvalue weighted by atomic mass is 15.4. The van der Waals surface area contributed by atoms with Crippen LogP contribution >= 0.6 is 0 Å². The first-order chi connectivity index (χ1) is 4.96. The zero-order chi connectivity index (χ0) is 9.07. The molecule has 11 heavy (non-hydrogen) atoms. The average Bonchev–Trinajstić information content (AvgIpc) is 1.89. The van der Waals surface area contributed by atoms with Gasteiger partial charge in [0.25, 0.3) is 0 Å². The Bertz CT molecular complexity index is 108. The Balaban J connectivity index is 4.24. The van der Waals surface area contributed by atoms with Crippen LogP contribution in [0.4, 0.5) is 0 Å². The van der Waals surface area contributed by atoms with Crippen molar-refractivity contribution < 1.29 is 0 Å². The molecular formula is C6H19N5.